The van der Waals surface area contributed by atoms with E-state index >= 15 is 0 Å². The summed E-state index contributed by atoms with van der Waals surface area (Å²) in [7, 11) is 1.57. The molecule has 0 aliphatic carbocycles. The van der Waals surface area contributed by atoms with Crippen molar-refractivity contribution in [2.45, 2.75) is 13.0 Å². The molecular formula is C21H21NO4. The molecule has 1 amide bonds. The third-order valence-corrected chi connectivity index (χ3v) is 3.96. The van der Waals surface area contributed by atoms with Crippen LogP contribution < -0.4 is 14.8 Å². The summed E-state index contributed by atoms with van der Waals surface area (Å²) in [5.41, 5.74) is 1.43. The Kier molecular flexibility index (Phi) is 5.59. The number of benzene rings is 2. The lowest BCUT2D eigenvalue weighted by atomic mass is 10.0. The fourth-order valence-electron chi connectivity index (χ4n) is 2.72. The molecule has 134 valence electrons. The van der Waals surface area contributed by atoms with E-state index in [-0.39, 0.29) is 11.9 Å². The molecule has 0 radical (unpaired) electrons. The van der Waals surface area contributed by atoms with Gasteiger partial charge < -0.3 is 19.2 Å². The third-order valence-electron chi connectivity index (χ3n) is 3.96. The third kappa shape index (κ3) is 3.88. The molecule has 5 nitrogen and oxygen atoms in total. The minimum absolute atomic E-state index is 0.223. The second-order valence-electron chi connectivity index (χ2n) is 5.63. The first kappa shape index (κ1) is 17.6. The predicted molar refractivity (Wildman–Crippen MR) is 98.6 cm³/mol. The fraction of sp³-hybridized carbons (Fsp3) is 0.190. The topological polar surface area (TPSA) is 60.7 Å². The number of hydrogen-bond donors (Lipinski definition) is 1. The van der Waals surface area contributed by atoms with Gasteiger partial charge in [0.2, 0.25) is 0 Å². The molecule has 5 heteroatoms. The Balaban J connectivity index is 1.88. The molecule has 0 aliphatic rings. The second kappa shape index (κ2) is 8.25. The number of rotatable bonds is 7. The van der Waals surface area contributed by atoms with E-state index in [1.165, 1.54) is 0 Å². The van der Waals surface area contributed by atoms with E-state index in [0.29, 0.717) is 29.4 Å². The summed E-state index contributed by atoms with van der Waals surface area (Å²) in [5, 5.41) is 3.03. The van der Waals surface area contributed by atoms with Crippen molar-refractivity contribution in [2.75, 3.05) is 13.7 Å². The summed E-state index contributed by atoms with van der Waals surface area (Å²) in [5.74, 6) is 1.58. The number of amides is 1. The molecule has 0 saturated heterocycles. The van der Waals surface area contributed by atoms with Crippen LogP contribution in [0, 0.1) is 0 Å². The highest BCUT2D eigenvalue weighted by Gasteiger charge is 2.21. The quantitative estimate of drug-likeness (QED) is 0.693. The van der Waals surface area contributed by atoms with Gasteiger partial charge in [-0.1, -0.05) is 30.3 Å². The maximum absolute atomic E-state index is 12.8. The smallest absolute Gasteiger partial charge is 0.252 e. The van der Waals surface area contributed by atoms with E-state index in [9.17, 15) is 4.79 Å². The lowest BCUT2D eigenvalue weighted by Gasteiger charge is -2.18. The van der Waals surface area contributed by atoms with Crippen molar-refractivity contribution in [1.82, 2.24) is 5.32 Å². The number of hydrogen-bond acceptors (Lipinski definition) is 4. The Hall–Kier alpha value is -3.21. The molecule has 0 spiro atoms. The molecule has 1 aromatic heterocycles. The van der Waals surface area contributed by atoms with Gasteiger partial charge in [0.05, 0.1) is 20.0 Å². The lowest BCUT2D eigenvalue weighted by Crippen LogP contribution is -2.29. The Morgan fingerprint density at radius 3 is 2.54 bits per heavy atom. The van der Waals surface area contributed by atoms with E-state index in [2.05, 4.69) is 5.32 Å². The minimum atomic E-state index is -0.378. The van der Waals surface area contributed by atoms with Gasteiger partial charge in [0.25, 0.3) is 5.91 Å². The van der Waals surface area contributed by atoms with Gasteiger partial charge in [0.15, 0.2) is 11.5 Å². The molecule has 3 rings (SSSR count). The minimum Gasteiger partial charge on any atom is -0.493 e. The van der Waals surface area contributed by atoms with Gasteiger partial charge in [-0.25, -0.2) is 0 Å². The van der Waals surface area contributed by atoms with Gasteiger partial charge >= 0.3 is 0 Å². The van der Waals surface area contributed by atoms with Crippen molar-refractivity contribution in [3.8, 4) is 11.5 Å². The predicted octanol–water partition coefficient (Wildman–Crippen LogP) is 4.21. The second-order valence-corrected chi connectivity index (χ2v) is 5.63. The van der Waals surface area contributed by atoms with Crippen LogP contribution in [0.4, 0.5) is 0 Å². The zero-order valence-corrected chi connectivity index (χ0v) is 14.8. The number of carbonyl (C=O) groups is 1. The van der Waals surface area contributed by atoms with Crippen LogP contribution in [-0.2, 0) is 0 Å². The average Bonchev–Trinajstić information content (AvgIpc) is 3.21. The largest absolute Gasteiger partial charge is 0.493 e. The maximum Gasteiger partial charge on any atom is 0.252 e. The number of furan rings is 1. The molecule has 1 atom stereocenters. The summed E-state index contributed by atoms with van der Waals surface area (Å²) in [6, 6.07) is 18.1. The van der Waals surface area contributed by atoms with E-state index in [1.54, 1.807) is 37.6 Å². The van der Waals surface area contributed by atoms with E-state index in [1.807, 2.05) is 43.3 Å². The molecule has 1 heterocycles. The normalized spacial score (nSPS) is 11.6. The van der Waals surface area contributed by atoms with Gasteiger partial charge in [-0.05, 0) is 42.8 Å². The standard InChI is InChI=1S/C21H21NO4/c1-3-25-19-14-16(11-12-17(19)24-2)21(23)22-20(18-10-7-13-26-18)15-8-5-4-6-9-15/h4-14,20H,3H2,1-2H3,(H,22,23). The molecule has 3 aromatic rings. The monoisotopic (exact) mass is 351 g/mol. The molecule has 1 unspecified atom stereocenters. The molecule has 0 fully saturated rings. The number of carbonyl (C=O) groups excluding carboxylic acids is 1. The Morgan fingerprint density at radius 2 is 1.88 bits per heavy atom. The van der Waals surface area contributed by atoms with Crippen LogP contribution in [0.25, 0.3) is 0 Å². The average molecular weight is 351 g/mol. The van der Waals surface area contributed by atoms with Crippen molar-refractivity contribution in [1.29, 1.82) is 0 Å². The Labute approximate surface area is 152 Å². The van der Waals surface area contributed by atoms with Crippen molar-refractivity contribution in [3.63, 3.8) is 0 Å². The van der Waals surface area contributed by atoms with Gasteiger partial charge in [-0.15, -0.1) is 0 Å². The van der Waals surface area contributed by atoms with Crippen LogP contribution in [-0.4, -0.2) is 19.6 Å². The van der Waals surface area contributed by atoms with E-state index in [0.717, 1.165) is 5.56 Å². The van der Waals surface area contributed by atoms with Gasteiger partial charge in [-0.3, -0.25) is 4.79 Å². The molecule has 2 aromatic carbocycles. The molecule has 0 bridgehead atoms. The van der Waals surface area contributed by atoms with E-state index < -0.39 is 0 Å². The molecule has 0 saturated carbocycles. The van der Waals surface area contributed by atoms with Crippen molar-refractivity contribution >= 4 is 5.91 Å². The van der Waals surface area contributed by atoms with Gasteiger partial charge in [0, 0.05) is 5.56 Å². The summed E-state index contributed by atoms with van der Waals surface area (Å²) >= 11 is 0. The molecule has 26 heavy (non-hydrogen) atoms. The Bertz CT molecular complexity index is 844. The maximum atomic E-state index is 12.8. The summed E-state index contributed by atoms with van der Waals surface area (Å²) in [4.78, 5) is 12.8. The fourth-order valence-corrected chi connectivity index (χ4v) is 2.72. The summed E-state index contributed by atoms with van der Waals surface area (Å²) in [6.07, 6.45) is 1.60. The van der Waals surface area contributed by atoms with Gasteiger partial charge in [0.1, 0.15) is 11.8 Å². The van der Waals surface area contributed by atoms with Crippen LogP contribution in [0.2, 0.25) is 0 Å². The van der Waals surface area contributed by atoms with Crippen LogP contribution in [0.5, 0.6) is 11.5 Å². The SMILES string of the molecule is CCOc1cc(C(=O)NC(c2ccccc2)c2ccco2)ccc1OC. The summed E-state index contributed by atoms with van der Waals surface area (Å²) in [6.45, 7) is 2.37. The van der Waals surface area contributed by atoms with Crippen LogP contribution in [0.1, 0.15) is 34.6 Å². The molecular weight excluding hydrogens is 330 g/mol. The first-order chi connectivity index (χ1) is 12.7. The molecule has 1 N–H and O–H groups in total. The van der Waals surface area contributed by atoms with Crippen molar-refractivity contribution < 1.29 is 18.7 Å². The highest BCUT2D eigenvalue weighted by molar-refractivity contribution is 5.95. The number of nitrogens with one attached hydrogen (secondary N) is 1. The van der Waals surface area contributed by atoms with Crippen LogP contribution >= 0.6 is 0 Å². The number of methoxy groups -OCH3 is 1. The molecule has 0 aliphatic heterocycles. The number of ether oxygens (including phenoxy) is 2. The highest BCUT2D eigenvalue weighted by Crippen LogP contribution is 2.29. The van der Waals surface area contributed by atoms with Crippen LogP contribution in [0.15, 0.2) is 71.3 Å². The first-order valence-electron chi connectivity index (χ1n) is 8.43. The summed E-state index contributed by atoms with van der Waals surface area (Å²) < 4.78 is 16.4. The van der Waals surface area contributed by atoms with Crippen LogP contribution in [0.3, 0.4) is 0 Å². The highest BCUT2D eigenvalue weighted by atomic mass is 16.5. The van der Waals surface area contributed by atoms with Gasteiger partial charge in [-0.2, -0.15) is 0 Å². The van der Waals surface area contributed by atoms with Crippen molar-refractivity contribution in [3.05, 3.63) is 83.8 Å². The zero-order valence-electron chi connectivity index (χ0n) is 14.8. The Morgan fingerprint density at radius 1 is 1.08 bits per heavy atom. The first-order valence-corrected chi connectivity index (χ1v) is 8.43. The lowest BCUT2D eigenvalue weighted by molar-refractivity contribution is 0.0938. The zero-order chi connectivity index (χ0) is 18.4. The van der Waals surface area contributed by atoms with Crippen molar-refractivity contribution in [2.24, 2.45) is 0 Å². The van der Waals surface area contributed by atoms with E-state index in [4.69, 9.17) is 13.9 Å².